The molecule has 0 aromatic heterocycles. The highest BCUT2D eigenvalue weighted by molar-refractivity contribution is 9.11. The van der Waals surface area contributed by atoms with Crippen LogP contribution in [-0.2, 0) is 4.79 Å². The maximum Gasteiger partial charge on any atom is 0.256 e. The number of phenolic OH excluding ortho intramolecular Hbond substituents is 1. The molecule has 0 fully saturated rings. The van der Waals surface area contributed by atoms with Crippen molar-refractivity contribution in [1.29, 1.82) is 0 Å². The zero-order valence-electron chi connectivity index (χ0n) is 10.2. The number of rotatable bonds is 1. The second-order valence-corrected chi connectivity index (χ2v) is 6.18. The summed E-state index contributed by atoms with van der Waals surface area (Å²) >= 11 is 6.87. The van der Waals surface area contributed by atoms with Crippen LogP contribution in [0.5, 0.6) is 5.75 Å². The van der Waals surface area contributed by atoms with E-state index in [2.05, 4.69) is 37.2 Å². The van der Waals surface area contributed by atoms with Crippen LogP contribution >= 0.6 is 31.9 Å². The van der Waals surface area contributed by atoms with Gasteiger partial charge in [0, 0.05) is 20.1 Å². The summed E-state index contributed by atoms with van der Waals surface area (Å²) in [4.78, 5) is 12.1. The molecule has 2 N–H and O–H groups in total. The number of aromatic hydroxyl groups is 1. The van der Waals surface area contributed by atoms with Gasteiger partial charge in [0.05, 0.1) is 5.69 Å². The highest BCUT2D eigenvalue weighted by Crippen LogP contribution is 2.40. The third kappa shape index (κ3) is 2.39. The topological polar surface area (TPSA) is 49.3 Å². The molecule has 1 heterocycles. The Labute approximate surface area is 132 Å². The van der Waals surface area contributed by atoms with Crippen molar-refractivity contribution in [2.45, 2.75) is 0 Å². The summed E-state index contributed by atoms with van der Waals surface area (Å²) in [5.41, 5.74) is 3.09. The van der Waals surface area contributed by atoms with E-state index >= 15 is 0 Å². The molecule has 2 aromatic rings. The minimum absolute atomic E-state index is 0.133. The third-order valence-electron chi connectivity index (χ3n) is 3.03. The van der Waals surface area contributed by atoms with Crippen molar-refractivity contribution >= 4 is 55.1 Å². The van der Waals surface area contributed by atoms with Crippen LogP contribution in [0, 0.1) is 0 Å². The Morgan fingerprint density at radius 3 is 2.50 bits per heavy atom. The van der Waals surface area contributed by atoms with E-state index in [0.29, 0.717) is 5.57 Å². The van der Waals surface area contributed by atoms with Gasteiger partial charge in [-0.3, -0.25) is 4.79 Å². The Bertz CT molecular complexity index is 736. The first-order valence-electron chi connectivity index (χ1n) is 5.86. The molecule has 20 heavy (non-hydrogen) atoms. The summed E-state index contributed by atoms with van der Waals surface area (Å²) in [5.74, 6) is 0.0702. The van der Waals surface area contributed by atoms with Gasteiger partial charge in [0.15, 0.2) is 0 Å². The van der Waals surface area contributed by atoms with Crippen LogP contribution in [0.15, 0.2) is 45.3 Å². The fourth-order valence-electron chi connectivity index (χ4n) is 2.10. The van der Waals surface area contributed by atoms with Gasteiger partial charge in [-0.2, -0.15) is 0 Å². The SMILES string of the molecule is O=C1Nc2c(Br)cc(Br)cc2C1=Cc1ccc(O)cc1. The highest BCUT2D eigenvalue weighted by Gasteiger charge is 2.26. The molecule has 0 saturated heterocycles. The summed E-state index contributed by atoms with van der Waals surface area (Å²) in [6, 6.07) is 10.5. The first-order chi connectivity index (χ1) is 9.54. The molecule has 0 radical (unpaired) electrons. The molecular weight excluding hydrogens is 386 g/mol. The molecule has 0 unspecified atom stereocenters. The van der Waals surface area contributed by atoms with Crippen molar-refractivity contribution in [3.05, 3.63) is 56.5 Å². The first-order valence-corrected chi connectivity index (χ1v) is 7.45. The van der Waals surface area contributed by atoms with Crippen LogP contribution in [0.1, 0.15) is 11.1 Å². The summed E-state index contributed by atoms with van der Waals surface area (Å²) in [5, 5.41) is 12.1. The van der Waals surface area contributed by atoms with E-state index in [1.165, 1.54) is 0 Å². The van der Waals surface area contributed by atoms with E-state index in [9.17, 15) is 9.90 Å². The van der Waals surface area contributed by atoms with Crippen LogP contribution in [0.2, 0.25) is 0 Å². The largest absolute Gasteiger partial charge is 0.508 e. The Kier molecular flexibility index (Phi) is 3.40. The zero-order chi connectivity index (χ0) is 14.3. The van der Waals surface area contributed by atoms with Crippen LogP contribution in [0.25, 0.3) is 11.6 Å². The molecular formula is C15H9Br2NO2. The Morgan fingerprint density at radius 2 is 1.80 bits per heavy atom. The molecule has 0 saturated carbocycles. The van der Waals surface area contributed by atoms with E-state index in [1.807, 2.05) is 12.1 Å². The zero-order valence-corrected chi connectivity index (χ0v) is 13.3. The van der Waals surface area contributed by atoms with E-state index in [0.717, 1.165) is 25.8 Å². The minimum atomic E-state index is -0.133. The van der Waals surface area contributed by atoms with Gasteiger partial charge in [0.25, 0.3) is 5.91 Å². The van der Waals surface area contributed by atoms with Crippen molar-refractivity contribution in [3.8, 4) is 5.75 Å². The summed E-state index contributed by atoms with van der Waals surface area (Å²) in [6.07, 6.45) is 1.81. The van der Waals surface area contributed by atoms with Gasteiger partial charge in [-0.05, 0) is 51.8 Å². The van der Waals surface area contributed by atoms with Crippen LogP contribution in [0.3, 0.4) is 0 Å². The number of anilines is 1. The first kappa shape index (κ1) is 13.4. The van der Waals surface area contributed by atoms with E-state index in [4.69, 9.17) is 0 Å². The number of carbonyl (C=O) groups is 1. The summed E-state index contributed by atoms with van der Waals surface area (Å²) < 4.78 is 1.74. The van der Waals surface area contributed by atoms with Crippen LogP contribution in [-0.4, -0.2) is 11.0 Å². The fraction of sp³-hybridized carbons (Fsp3) is 0. The van der Waals surface area contributed by atoms with E-state index in [1.54, 1.807) is 30.3 Å². The Hall–Kier alpha value is -1.59. The molecule has 1 aliphatic heterocycles. The second-order valence-electron chi connectivity index (χ2n) is 4.41. The van der Waals surface area contributed by atoms with Crippen molar-refractivity contribution in [2.24, 2.45) is 0 Å². The molecule has 1 aliphatic rings. The van der Waals surface area contributed by atoms with Gasteiger partial charge in [-0.15, -0.1) is 0 Å². The van der Waals surface area contributed by atoms with Crippen LogP contribution < -0.4 is 5.32 Å². The number of carbonyl (C=O) groups excluding carboxylic acids is 1. The lowest BCUT2D eigenvalue weighted by Gasteiger charge is -2.03. The van der Waals surface area contributed by atoms with Crippen molar-refractivity contribution in [1.82, 2.24) is 0 Å². The lowest BCUT2D eigenvalue weighted by atomic mass is 10.0. The number of hydrogen-bond donors (Lipinski definition) is 2. The second kappa shape index (κ2) is 5.07. The van der Waals surface area contributed by atoms with E-state index < -0.39 is 0 Å². The van der Waals surface area contributed by atoms with Gasteiger partial charge in [0.2, 0.25) is 0 Å². The predicted octanol–water partition coefficient (Wildman–Crippen LogP) is 4.41. The maximum absolute atomic E-state index is 12.1. The van der Waals surface area contributed by atoms with Gasteiger partial charge in [-0.1, -0.05) is 28.1 Å². The van der Waals surface area contributed by atoms with E-state index in [-0.39, 0.29) is 11.7 Å². The third-order valence-corrected chi connectivity index (χ3v) is 4.12. The number of benzene rings is 2. The van der Waals surface area contributed by atoms with Crippen molar-refractivity contribution in [3.63, 3.8) is 0 Å². The molecule has 1 amide bonds. The molecule has 5 heteroatoms. The Morgan fingerprint density at radius 1 is 1.10 bits per heavy atom. The van der Waals surface area contributed by atoms with Gasteiger partial charge in [0.1, 0.15) is 5.75 Å². The van der Waals surface area contributed by atoms with Gasteiger partial charge in [-0.25, -0.2) is 0 Å². The minimum Gasteiger partial charge on any atom is -0.508 e. The number of amides is 1. The lowest BCUT2D eigenvalue weighted by molar-refractivity contribution is -0.110. The fourth-order valence-corrected chi connectivity index (χ4v) is 3.42. The molecule has 0 aliphatic carbocycles. The average Bonchev–Trinajstić information content (AvgIpc) is 2.70. The predicted molar refractivity (Wildman–Crippen MR) is 86.4 cm³/mol. The summed E-state index contributed by atoms with van der Waals surface area (Å²) in [7, 11) is 0. The Balaban J connectivity index is 2.12. The van der Waals surface area contributed by atoms with Gasteiger partial charge >= 0.3 is 0 Å². The molecule has 3 rings (SSSR count). The quantitative estimate of drug-likeness (QED) is 0.704. The van der Waals surface area contributed by atoms with Crippen molar-refractivity contribution < 1.29 is 9.90 Å². The maximum atomic E-state index is 12.1. The molecule has 2 aromatic carbocycles. The molecule has 100 valence electrons. The number of hydrogen-bond acceptors (Lipinski definition) is 2. The molecule has 0 bridgehead atoms. The molecule has 0 atom stereocenters. The smallest absolute Gasteiger partial charge is 0.256 e. The molecule has 0 spiro atoms. The van der Waals surface area contributed by atoms with Crippen molar-refractivity contribution in [2.75, 3.05) is 5.32 Å². The number of phenols is 1. The monoisotopic (exact) mass is 393 g/mol. The lowest BCUT2D eigenvalue weighted by Crippen LogP contribution is -2.03. The van der Waals surface area contributed by atoms with Gasteiger partial charge < -0.3 is 10.4 Å². The highest BCUT2D eigenvalue weighted by atomic mass is 79.9. The normalized spacial score (nSPS) is 15.3. The standard InChI is InChI=1S/C15H9Br2NO2/c16-9-6-11-12(5-8-1-3-10(19)4-2-8)15(20)18-14(11)13(17)7-9/h1-7,19H,(H,18,20). The number of halogens is 2. The number of nitrogens with one attached hydrogen (secondary N) is 1. The van der Waals surface area contributed by atoms with Crippen LogP contribution in [0.4, 0.5) is 5.69 Å². The molecule has 3 nitrogen and oxygen atoms in total. The number of fused-ring (bicyclic) bond motifs is 1. The summed E-state index contributed by atoms with van der Waals surface area (Å²) in [6.45, 7) is 0. The average molecular weight is 395 g/mol.